The fourth-order valence-electron chi connectivity index (χ4n) is 1.94. The molecule has 0 atom stereocenters. The lowest BCUT2D eigenvalue weighted by Crippen LogP contribution is -2.42. The molecule has 1 fully saturated rings. The minimum absolute atomic E-state index is 1.12. The van der Waals surface area contributed by atoms with Crippen LogP contribution in [0, 0.1) is 0 Å². The van der Waals surface area contributed by atoms with E-state index in [1.807, 2.05) is 0 Å². The molecular weight excluding hydrogens is 172 g/mol. The number of nitrogens with zero attached hydrogens (tertiary/aromatic N) is 1. The largest absolute Gasteiger partial charge is 0.372 e. The Balaban J connectivity index is 2.00. The Hall–Kier alpha value is -1.02. The lowest BCUT2D eigenvalue weighted by molar-refractivity contribution is 0.290. The second-order valence-electron chi connectivity index (χ2n) is 3.75. The quantitative estimate of drug-likeness (QED) is 0.677. The van der Waals surface area contributed by atoms with Crippen molar-refractivity contribution in [1.29, 1.82) is 0 Å². The highest BCUT2D eigenvalue weighted by atomic mass is 15.2. The minimum Gasteiger partial charge on any atom is -0.372 e. The van der Waals surface area contributed by atoms with Crippen LogP contribution in [0.4, 0.5) is 0 Å². The zero-order valence-electron chi connectivity index (χ0n) is 8.58. The van der Waals surface area contributed by atoms with Gasteiger partial charge in [-0.25, -0.2) is 0 Å². The van der Waals surface area contributed by atoms with Gasteiger partial charge in [-0.3, -0.25) is 0 Å². The molecule has 2 rings (SSSR count). The van der Waals surface area contributed by atoms with Crippen LogP contribution in [0.25, 0.3) is 0 Å². The number of piperazine rings is 1. The maximum absolute atomic E-state index is 3.38. The molecule has 0 spiro atoms. The van der Waals surface area contributed by atoms with Crippen LogP contribution in [0.3, 0.4) is 0 Å². The molecule has 1 saturated heterocycles. The molecule has 1 N–H and O–H groups in total. The third-order valence-electron chi connectivity index (χ3n) is 2.74. The van der Waals surface area contributed by atoms with Gasteiger partial charge >= 0.3 is 0 Å². The first kappa shape index (κ1) is 9.53. The highest BCUT2D eigenvalue weighted by Gasteiger charge is 2.11. The van der Waals surface area contributed by atoms with Crippen LogP contribution in [0.5, 0.6) is 0 Å². The summed E-state index contributed by atoms with van der Waals surface area (Å²) in [6.07, 6.45) is 13.2. The van der Waals surface area contributed by atoms with Crippen molar-refractivity contribution in [3.63, 3.8) is 0 Å². The molecular formula is C12H18N2. The Morgan fingerprint density at radius 3 is 2.79 bits per heavy atom. The normalized spacial score (nSPS) is 31.1. The van der Waals surface area contributed by atoms with E-state index in [-0.39, 0.29) is 0 Å². The molecule has 1 aliphatic heterocycles. The van der Waals surface area contributed by atoms with Crippen LogP contribution in [0.15, 0.2) is 36.1 Å². The summed E-state index contributed by atoms with van der Waals surface area (Å²) < 4.78 is 0. The molecule has 2 aliphatic rings. The third kappa shape index (κ3) is 2.48. The Morgan fingerprint density at radius 2 is 1.93 bits per heavy atom. The summed E-state index contributed by atoms with van der Waals surface area (Å²) in [7, 11) is 0. The minimum atomic E-state index is 1.12. The van der Waals surface area contributed by atoms with Crippen LogP contribution in [0.2, 0.25) is 0 Å². The Bertz CT molecular complexity index is 257. The number of nitrogens with one attached hydrogen (secondary N) is 1. The van der Waals surface area contributed by atoms with Crippen molar-refractivity contribution >= 4 is 0 Å². The molecule has 0 aromatic carbocycles. The topological polar surface area (TPSA) is 15.3 Å². The van der Waals surface area contributed by atoms with Gasteiger partial charge in [0.15, 0.2) is 0 Å². The standard InChI is InChI=1S/C12H18N2/c1-2-4-6-12(7-5-3-1)14-10-8-13-9-11-14/h1-4,6,13H,5,7-11H2/b3-1-,4-2-,12-6+. The van der Waals surface area contributed by atoms with Gasteiger partial charge in [0.05, 0.1) is 0 Å². The molecule has 1 aliphatic carbocycles. The van der Waals surface area contributed by atoms with Crippen molar-refractivity contribution in [3.8, 4) is 0 Å². The van der Waals surface area contributed by atoms with E-state index in [2.05, 4.69) is 40.6 Å². The molecule has 0 saturated carbocycles. The molecule has 0 aromatic heterocycles. The van der Waals surface area contributed by atoms with Crippen LogP contribution in [-0.2, 0) is 0 Å². The molecule has 2 nitrogen and oxygen atoms in total. The number of allylic oxidation sites excluding steroid dienone is 6. The lowest BCUT2D eigenvalue weighted by atomic mass is 10.1. The van der Waals surface area contributed by atoms with E-state index in [0.29, 0.717) is 0 Å². The van der Waals surface area contributed by atoms with E-state index < -0.39 is 0 Å². The average molecular weight is 190 g/mol. The summed E-state index contributed by atoms with van der Waals surface area (Å²) >= 11 is 0. The number of rotatable bonds is 1. The Kier molecular flexibility index (Phi) is 3.41. The second kappa shape index (κ2) is 5.01. The molecule has 0 aromatic rings. The molecule has 0 bridgehead atoms. The van der Waals surface area contributed by atoms with Gasteiger partial charge in [0.2, 0.25) is 0 Å². The molecule has 14 heavy (non-hydrogen) atoms. The second-order valence-corrected chi connectivity index (χ2v) is 3.75. The summed E-state index contributed by atoms with van der Waals surface area (Å²) in [5.74, 6) is 0. The van der Waals surface area contributed by atoms with E-state index in [0.717, 1.165) is 26.2 Å². The Morgan fingerprint density at radius 1 is 1.07 bits per heavy atom. The van der Waals surface area contributed by atoms with E-state index in [1.54, 1.807) is 0 Å². The van der Waals surface area contributed by atoms with Crippen molar-refractivity contribution in [2.75, 3.05) is 26.2 Å². The first-order chi connectivity index (χ1) is 6.97. The zero-order valence-corrected chi connectivity index (χ0v) is 8.58. The van der Waals surface area contributed by atoms with Crippen molar-refractivity contribution in [1.82, 2.24) is 10.2 Å². The molecule has 76 valence electrons. The average Bonchev–Trinajstić information content (AvgIpc) is 2.18. The maximum Gasteiger partial charge on any atom is 0.0300 e. The maximum atomic E-state index is 3.38. The monoisotopic (exact) mass is 190 g/mol. The summed E-state index contributed by atoms with van der Waals surface area (Å²) in [5.41, 5.74) is 1.49. The molecule has 1 heterocycles. The fourth-order valence-corrected chi connectivity index (χ4v) is 1.94. The zero-order chi connectivity index (χ0) is 9.64. The SMILES string of the molecule is C1=C\C=C(\N2CCNCC2)CC\C=C/1. The summed E-state index contributed by atoms with van der Waals surface area (Å²) in [6, 6.07) is 0. The van der Waals surface area contributed by atoms with Crippen molar-refractivity contribution < 1.29 is 0 Å². The molecule has 0 unspecified atom stereocenters. The molecule has 0 radical (unpaired) electrons. The van der Waals surface area contributed by atoms with Gasteiger partial charge in [0, 0.05) is 31.9 Å². The summed E-state index contributed by atoms with van der Waals surface area (Å²) in [6.45, 7) is 4.56. The van der Waals surface area contributed by atoms with Crippen LogP contribution >= 0.6 is 0 Å². The van der Waals surface area contributed by atoms with Crippen LogP contribution in [-0.4, -0.2) is 31.1 Å². The molecule has 0 amide bonds. The van der Waals surface area contributed by atoms with Crippen LogP contribution in [0.1, 0.15) is 12.8 Å². The fraction of sp³-hybridized carbons (Fsp3) is 0.500. The highest BCUT2D eigenvalue weighted by molar-refractivity contribution is 5.19. The van der Waals surface area contributed by atoms with Gasteiger partial charge in [-0.2, -0.15) is 0 Å². The smallest absolute Gasteiger partial charge is 0.0300 e. The summed E-state index contributed by atoms with van der Waals surface area (Å²) in [5, 5.41) is 3.38. The van der Waals surface area contributed by atoms with Gasteiger partial charge in [-0.15, -0.1) is 0 Å². The van der Waals surface area contributed by atoms with E-state index in [4.69, 9.17) is 0 Å². The predicted molar refractivity (Wildman–Crippen MR) is 60.0 cm³/mol. The van der Waals surface area contributed by atoms with Crippen molar-refractivity contribution in [2.45, 2.75) is 12.8 Å². The van der Waals surface area contributed by atoms with Crippen molar-refractivity contribution in [2.24, 2.45) is 0 Å². The molecule has 2 heteroatoms. The van der Waals surface area contributed by atoms with Gasteiger partial charge in [0.1, 0.15) is 0 Å². The highest BCUT2D eigenvalue weighted by Crippen LogP contribution is 2.14. The first-order valence-corrected chi connectivity index (χ1v) is 5.45. The predicted octanol–water partition coefficient (Wildman–Crippen LogP) is 1.68. The van der Waals surface area contributed by atoms with E-state index in [1.165, 1.54) is 18.5 Å². The van der Waals surface area contributed by atoms with Crippen LogP contribution < -0.4 is 5.32 Å². The first-order valence-electron chi connectivity index (χ1n) is 5.45. The van der Waals surface area contributed by atoms with E-state index >= 15 is 0 Å². The van der Waals surface area contributed by atoms with Gasteiger partial charge in [0.25, 0.3) is 0 Å². The third-order valence-corrected chi connectivity index (χ3v) is 2.74. The van der Waals surface area contributed by atoms with Crippen molar-refractivity contribution in [3.05, 3.63) is 36.1 Å². The number of hydrogen-bond acceptors (Lipinski definition) is 2. The van der Waals surface area contributed by atoms with Gasteiger partial charge in [-0.1, -0.05) is 24.3 Å². The number of hydrogen-bond donors (Lipinski definition) is 1. The lowest BCUT2D eigenvalue weighted by Gasteiger charge is -2.31. The van der Waals surface area contributed by atoms with Gasteiger partial charge in [-0.05, 0) is 18.9 Å². The van der Waals surface area contributed by atoms with E-state index in [9.17, 15) is 0 Å². The van der Waals surface area contributed by atoms with Gasteiger partial charge < -0.3 is 10.2 Å². The summed E-state index contributed by atoms with van der Waals surface area (Å²) in [4.78, 5) is 2.50. The Labute approximate surface area is 86.0 Å².